The van der Waals surface area contributed by atoms with Crippen LogP contribution < -0.4 is 0 Å². The van der Waals surface area contributed by atoms with Crippen LogP contribution in [0.25, 0.3) is 106 Å². The molecule has 0 aliphatic rings. The highest BCUT2D eigenvalue weighted by Crippen LogP contribution is 2.41. The summed E-state index contributed by atoms with van der Waals surface area (Å²) in [7, 11) is 0. The Bertz CT molecular complexity index is 3270. The Balaban J connectivity index is 0.950. The molecule has 58 heavy (non-hydrogen) atoms. The number of hydrogen-bond donors (Lipinski definition) is 0. The largest absolute Gasteiger partial charge is 0.416 e. The standard InChI is InChI=1S/C54H35N3O/c1-2-13-39(14-3-1)53-55-56-54(58-53)40-25-23-38(24-26-40)45-16-6-8-18-47(45)48-19-9-7-17-46(48)43-30-33-52-50(35-43)49-20-10-11-21-51(49)57(52)44-31-28-37(29-32-44)42-27-22-36-12-4-5-15-41(36)34-42/h1-35H. The quantitative estimate of drug-likeness (QED) is 0.163. The molecule has 0 spiro atoms. The lowest BCUT2D eigenvalue weighted by molar-refractivity contribution is 0.584. The summed E-state index contributed by atoms with van der Waals surface area (Å²) in [6.07, 6.45) is 0. The van der Waals surface area contributed by atoms with E-state index in [-0.39, 0.29) is 0 Å². The van der Waals surface area contributed by atoms with E-state index < -0.39 is 0 Å². The number of fused-ring (bicyclic) bond motifs is 4. The third kappa shape index (κ3) is 5.87. The monoisotopic (exact) mass is 741 g/mol. The molecule has 0 bridgehead atoms. The molecule has 4 nitrogen and oxygen atoms in total. The summed E-state index contributed by atoms with van der Waals surface area (Å²) in [6.45, 7) is 0. The van der Waals surface area contributed by atoms with E-state index in [1.165, 1.54) is 66.0 Å². The Morgan fingerprint density at radius 2 is 0.828 bits per heavy atom. The second-order valence-electron chi connectivity index (χ2n) is 14.6. The fourth-order valence-corrected chi connectivity index (χ4v) is 8.36. The first-order chi connectivity index (χ1) is 28.7. The van der Waals surface area contributed by atoms with Crippen molar-refractivity contribution in [2.75, 3.05) is 0 Å². The second kappa shape index (κ2) is 14.0. The Hall–Kier alpha value is -7.82. The molecule has 9 aromatic carbocycles. The number of aromatic nitrogens is 3. The first-order valence-electron chi connectivity index (χ1n) is 19.6. The summed E-state index contributed by atoms with van der Waals surface area (Å²) in [5.74, 6) is 1.01. The summed E-state index contributed by atoms with van der Waals surface area (Å²) >= 11 is 0. The fraction of sp³-hybridized carbons (Fsp3) is 0. The Morgan fingerprint density at radius 1 is 0.310 bits per heavy atom. The molecule has 272 valence electrons. The van der Waals surface area contributed by atoms with Crippen LogP contribution in [0.15, 0.2) is 217 Å². The average Bonchev–Trinajstić information content (AvgIpc) is 3.93. The van der Waals surface area contributed by atoms with E-state index in [1.807, 2.05) is 30.3 Å². The lowest BCUT2D eigenvalue weighted by Gasteiger charge is -2.15. The van der Waals surface area contributed by atoms with Crippen molar-refractivity contribution in [1.29, 1.82) is 0 Å². The van der Waals surface area contributed by atoms with Crippen LogP contribution in [0.3, 0.4) is 0 Å². The summed E-state index contributed by atoms with van der Waals surface area (Å²) in [5, 5.41) is 13.6. The highest BCUT2D eigenvalue weighted by atomic mass is 16.4. The van der Waals surface area contributed by atoms with Gasteiger partial charge in [0.05, 0.1) is 11.0 Å². The molecule has 0 aliphatic carbocycles. The van der Waals surface area contributed by atoms with Crippen molar-refractivity contribution in [3.63, 3.8) is 0 Å². The van der Waals surface area contributed by atoms with Crippen molar-refractivity contribution >= 4 is 32.6 Å². The van der Waals surface area contributed by atoms with Crippen LogP contribution >= 0.6 is 0 Å². The second-order valence-corrected chi connectivity index (χ2v) is 14.6. The van der Waals surface area contributed by atoms with Crippen LogP contribution in [0.1, 0.15) is 0 Å². The Kier molecular flexibility index (Phi) is 8.11. The minimum atomic E-state index is 0.499. The first kappa shape index (κ1) is 33.5. The molecule has 0 aliphatic heterocycles. The SMILES string of the molecule is c1ccc(-c2nnc(-c3ccc(-c4ccccc4-c4ccccc4-c4ccc5c(c4)c4ccccc4n5-c4ccc(-c5ccc6ccccc6c5)cc4)cc3)o2)cc1. The van der Waals surface area contributed by atoms with E-state index in [4.69, 9.17) is 4.42 Å². The van der Waals surface area contributed by atoms with Crippen molar-refractivity contribution in [2.24, 2.45) is 0 Å². The maximum Gasteiger partial charge on any atom is 0.248 e. The molecular formula is C54H35N3O. The number of nitrogens with zero attached hydrogens (tertiary/aromatic N) is 3. The smallest absolute Gasteiger partial charge is 0.248 e. The third-order valence-corrected chi connectivity index (χ3v) is 11.2. The molecule has 4 heteroatoms. The summed E-state index contributed by atoms with van der Waals surface area (Å²) in [4.78, 5) is 0. The highest BCUT2D eigenvalue weighted by molar-refractivity contribution is 6.11. The van der Waals surface area contributed by atoms with E-state index in [0.717, 1.165) is 27.9 Å². The zero-order chi connectivity index (χ0) is 38.4. The number of rotatable bonds is 7. The van der Waals surface area contributed by atoms with Crippen molar-refractivity contribution in [2.45, 2.75) is 0 Å². The van der Waals surface area contributed by atoms with Gasteiger partial charge in [-0.25, -0.2) is 0 Å². The highest BCUT2D eigenvalue weighted by Gasteiger charge is 2.17. The molecule has 11 aromatic rings. The van der Waals surface area contributed by atoms with Crippen molar-refractivity contribution < 1.29 is 4.42 Å². The molecule has 0 N–H and O–H groups in total. The lowest BCUT2D eigenvalue weighted by Crippen LogP contribution is -1.94. The fourth-order valence-electron chi connectivity index (χ4n) is 8.36. The molecule has 0 fully saturated rings. The molecule has 0 amide bonds. The maximum absolute atomic E-state index is 6.05. The van der Waals surface area contributed by atoms with Crippen LogP contribution in [0.2, 0.25) is 0 Å². The van der Waals surface area contributed by atoms with Gasteiger partial charge in [-0.3, -0.25) is 0 Å². The van der Waals surface area contributed by atoms with Gasteiger partial charge in [-0.05, 0) is 116 Å². The topological polar surface area (TPSA) is 43.9 Å². The molecular weight excluding hydrogens is 707 g/mol. The van der Waals surface area contributed by atoms with Crippen molar-refractivity contribution in [3.8, 4) is 73.1 Å². The van der Waals surface area contributed by atoms with Gasteiger partial charge in [0.15, 0.2) is 0 Å². The summed E-state index contributed by atoms with van der Waals surface area (Å²) < 4.78 is 8.44. The van der Waals surface area contributed by atoms with Gasteiger partial charge < -0.3 is 8.98 Å². The molecule has 0 saturated heterocycles. The van der Waals surface area contributed by atoms with Gasteiger partial charge >= 0.3 is 0 Å². The van der Waals surface area contributed by atoms with Crippen LogP contribution in [-0.4, -0.2) is 14.8 Å². The predicted molar refractivity (Wildman–Crippen MR) is 239 cm³/mol. The molecule has 0 unspecified atom stereocenters. The molecule has 2 aromatic heterocycles. The number of hydrogen-bond acceptors (Lipinski definition) is 3. The molecule has 2 heterocycles. The van der Waals surface area contributed by atoms with Crippen LogP contribution in [-0.2, 0) is 0 Å². The lowest BCUT2D eigenvalue weighted by atomic mass is 9.89. The maximum atomic E-state index is 6.05. The average molecular weight is 742 g/mol. The number of benzene rings is 9. The van der Waals surface area contributed by atoms with Crippen molar-refractivity contribution in [1.82, 2.24) is 14.8 Å². The predicted octanol–water partition coefficient (Wildman–Crippen LogP) is 14.3. The van der Waals surface area contributed by atoms with Crippen LogP contribution in [0, 0.1) is 0 Å². The van der Waals surface area contributed by atoms with E-state index in [0.29, 0.717) is 11.8 Å². The van der Waals surface area contributed by atoms with Gasteiger partial charge in [-0.2, -0.15) is 0 Å². The summed E-state index contributed by atoms with van der Waals surface area (Å²) in [5.41, 5.74) is 14.7. The minimum Gasteiger partial charge on any atom is -0.416 e. The Labute approximate surface area is 335 Å². The van der Waals surface area contributed by atoms with Crippen LogP contribution in [0.4, 0.5) is 0 Å². The molecule has 11 rings (SSSR count). The normalized spacial score (nSPS) is 11.4. The summed E-state index contributed by atoms with van der Waals surface area (Å²) in [6, 6.07) is 75.4. The van der Waals surface area contributed by atoms with E-state index in [1.54, 1.807) is 0 Å². The third-order valence-electron chi connectivity index (χ3n) is 11.2. The zero-order valence-corrected chi connectivity index (χ0v) is 31.5. The van der Waals surface area contributed by atoms with Crippen molar-refractivity contribution in [3.05, 3.63) is 212 Å². The van der Waals surface area contributed by atoms with E-state index >= 15 is 0 Å². The van der Waals surface area contributed by atoms with Gasteiger partial charge in [-0.1, -0.05) is 152 Å². The number of para-hydroxylation sites is 1. The zero-order valence-electron chi connectivity index (χ0n) is 31.5. The van der Waals surface area contributed by atoms with Gasteiger partial charge in [0.25, 0.3) is 0 Å². The first-order valence-corrected chi connectivity index (χ1v) is 19.6. The van der Waals surface area contributed by atoms with E-state index in [2.05, 4.69) is 197 Å². The Morgan fingerprint density at radius 3 is 1.57 bits per heavy atom. The van der Waals surface area contributed by atoms with Gasteiger partial charge in [0, 0.05) is 27.6 Å². The van der Waals surface area contributed by atoms with Gasteiger partial charge in [0.2, 0.25) is 11.8 Å². The molecule has 0 radical (unpaired) electrons. The van der Waals surface area contributed by atoms with Gasteiger partial charge in [-0.15, -0.1) is 10.2 Å². The minimum absolute atomic E-state index is 0.499. The van der Waals surface area contributed by atoms with Gasteiger partial charge in [0.1, 0.15) is 0 Å². The molecule has 0 saturated carbocycles. The molecule has 0 atom stereocenters. The van der Waals surface area contributed by atoms with E-state index in [9.17, 15) is 0 Å². The van der Waals surface area contributed by atoms with Crippen LogP contribution in [0.5, 0.6) is 0 Å².